The SMILES string of the molecule is c1ccc(CCc2nc(CC3CCCNC3)no2)cc1. The molecule has 0 bridgehead atoms. The van der Waals surface area contributed by atoms with Crippen LogP contribution in [0.4, 0.5) is 0 Å². The van der Waals surface area contributed by atoms with Crippen molar-refractivity contribution >= 4 is 0 Å². The highest BCUT2D eigenvalue weighted by molar-refractivity contribution is 5.15. The van der Waals surface area contributed by atoms with Crippen molar-refractivity contribution in [3.63, 3.8) is 0 Å². The molecule has 1 saturated heterocycles. The average molecular weight is 271 g/mol. The second-order valence-electron chi connectivity index (χ2n) is 5.51. The predicted octanol–water partition coefficient (Wildman–Crippen LogP) is 2.40. The maximum absolute atomic E-state index is 5.35. The predicted molar refractivity (Wildman–Crippen MR) is 77.4 cm³/mol. The van der Waals surface area contributed by atoms with Gasteiger partial charge >= 0.3 is 0 Å². The Morgan fingerprint density at radius 2 is 2.10 bits per heavy atom. The normalized spacial score (nSPS) is 19.1. The molecule has 0 saturated carbocycles. The van der Waals surface area contributed by atoms with E-state index in [0.29, 0.717) is 5.92 Å². The van der Waals surface area contributed by atoms with Crippen molar-refractivity contribution in [2.24, 2.45) is 5.92 Å². The molecule has 106 valence electrons. The minimum Gasteiger partial charge on any atom is -0.339 e. The molecule has 4 nitrogen and oxygen atoms in total. The summed E-state index contributed by atoms with van der Waals surface area (Å²) in [4.78, 5) is 4.51. The summed E-state index contributed by atoms with van der Waals surface area (Å²) in [6.07, 6.45) is 5.22. The van der Waals surface area contributed by atoms with Crippen molar-refractivity contribution in [2.75, 3.05) is 13.1 Å². The summed E-state index contributed by atoms with van der Waals surface area (Å²) < 4.78 is 5.35. The van der Waals surface area contributed by atoms with Gasteiger partial charge in [0.15, 0.2) is 5.82 Å². The van der Waals surface area contributed by atoms with Gasteiger partial charge in [0, 0.05) is 12.8 Å². The minimum absolute atomic E-state index is 0.656. The highest BCUT2D eigenvalue weighted by Gasteiger charge is 2.16. The molecule has 0 radical (unpaired) electrons. The zero-order chi connectivity index (χ0) is 13.6. The van der Waals surface area contributed by atoms with Gasteiger partial charge in [-0.1, -0.05) is 35.5 Å². The Labute approximate surface area is 119 Å². The summed E-state index contributed by atoms with van der Waals surface area (Å²) in [5.74, 6) is 2.28. The maximum Gasteiger partial charge on any atom is 0.226 e. The van der Waals surface area contributed by atoms with Gasteiger partial charge in [0.1, 0.15) is 0 Å². The number of piperidine rings is 1. The molecule has 1 unspecified atom stereocenters. The van der Waals surface area contributed by atoms with E-state index in [4.69, 9.17) is 4.52 Å². The van der Waals surface area contributed by atoms with Crippen molar-refractivity contribution in [1.82, 2.24) is 15.5 Å². The quantitative estimate of drug-likeness (QED) is 0.907. The highest BCUT2D eigenvalue weighted by atomic mass is 16.5. The Hall–Kier alpha value is -1.68. The van der Waals surface area contributed by atoms with Gasteiger partial charge in [-0.25, -0.2) is 0 Å². The van der Waals surface area contributed by atoms with Crippen molar-refractivity contribution in [3.05, 3.63) is 47.6 Å². The van der Waals surface area contributed by atoms with Crippen molar-refractivity contribution in [2.45, 2.75) is 32.1 Å². The maximum atomic E-state index is 5.35. The molecule has 20 heavy (non-hydrogen) atoms. The van der Waals surface area contributed by atoms with Crippen LogP contribution in [0.5, 0.6) is 0 Å². The molecule has 4 heteroatoms. The monoisotopic (exact) mass is 271 g/mol. The Kier molecular flexibility index (Phi) is 4.43. The van der Waals surface area contributed by atoms with E-state index in [9.17, 15) is 0 Å². The average Bonchev–Trinajstić information content (AvgIpc) is 2.95. The molecular formula is C16H21N3O. The molecule has 1 N–H and O–H groups in total. The fraction of sp³-hybridized carbons (Fsp3) is 0.500. The Bertz CT molecular complexity index is 518. The first-order valence-electron chi connectivity index (χ1n) is 7.46. The van der Waals surface area contributed by atoms with Crippen LogP contribution >= 0.6 is 0 Å². The fourth-order valence-corrected chi connectivity index (χ4v) is 2.73. The third-order valence-electron chi connectivity index (χ3n) is 3.85. The third kappa shape index (κ3) is 3.67. The van der Waals surface area contributed by atoms with Gasteiger partial charge in [-0.15, -0.1) is 0 Å². The first-order chi connectivity index (χ1) is 9.90. The summed E-state index contributed by atoms with van der Waals surface area (Å²) >= 11 is 0. The second kappa shape index (κ2) is 6.66. The Morgan fingerprint density at radius 1 is 1.20 bits per heavy atom. The van der Waals surface area contributed by atoms with Crippen molar-refractivity contribution < 1.29 is 4.52 Å². The van der Waals surface area contributed by atoms with E-state index in [-0.39, 0.29) is 0 Å². The molecule has 1 fully saturated rings. The second-order valence-corrected chi connectivity index (χ2v) is 5.51. The zero-order valence-corrected chi connectivity index (χ0v) is 11.7. The topological polar surface area (TPSA) is 51.0 Å². The largest absolute Gasteiger partial charge is 0.339 e. The molecule has 0 spiro atoms. The van der Waals surface area contributed by atoms with Crippen LogP contribution in [0.1, 0.15) is 30.1 Å². The van der Waals surface area contributed by atoms with Crippen LogP contribution in [0.15, 0.2) is 34.9 Å². The number of nitrogens with one attached hydrogen (secondary N) is 1. The van der Waals surface area contributed by atoms with Crippen LogP contribution in [0.25, 0.3) is 0 Å². The van der Waals surface area contributed by atoms with E-state index in [1.807, 2.05) is 6.07 Å². The van der Waals surface area contributed by atoms with Gasteiger partial charge in [-0.2, -0.15) is 4.98 Å². The number of rotatable bonds is 5. The molecule has 0 aliphatic carbocycles. The number of hydrogen-bond donors (Lipinski definition) is 1. The molecule has 1 aliphatic rings. The number of nitrogens with zero attached hydrogens (tertiary/aromatic N) is 2. The summed E-state index contributed by atoms with van der Waals surface area (Å²) in [6.45, 7) is 2.22. The first kappa shape index (κ1) is 13.3. The summed E-state index contributed by atoms with van der Waals surface area (Å²) in [5, 5.41) is 7.53. The van der Waals surface area contributed by atoms with Crippen LogP contribution in [-0.4, -0.2) is 23.2 Å². The summed E-state index contributed by atoms with van der Waals surface area (Å²) in [6, 6.07) is 10.4. The number of benzene rings is 1. The van der Waals surface area contributed by atoms with Crippen LogP contribution in [0, 0.1) is 5.92 Å². The van der Waals surface area contributed by atoms with Gasteiger partial charge in [0.25, 0.3) is 0 Å². The van der Waals surface area contributed by atoms with E-state index < -0.39 is 0 Å². The van der Waals surface area contributed by atoms with Crippen LogP contribution in [0.2, 0.25) is 0 Å². The molecule has 1 aromatic heterocycles. The van der Waals surface area contributed by atoms with Crippen molar-refractivity contribution in [1.29, 1.82) is 0 Å². The number of hydrogen-bond acceptors (Lipinski definition) is 4. The van der Waals surface area contributed by atoms with Gasteiger partial charge in [-0.05, 0) is 43.8 Å². The van der Waals surface area contributed by atoms with E-state index in [0.717, 1.165) is 44.1 Å². The number of aryl methyl sites for hydroxylation is 2. The van der Waals surface area contributed by atoms with Crippen LogP contribution in [-0.2, 0) is 19.3 Å². The fourth-order valence-electron chi connectivity index (χ4n) is 2.73. The van der Waals surface area contributed by atoms with Gasteiger partial charge in [0.05, 0.1) is 0 Å². The van der Waals surface area contributed by atoms with E-state index in [2.05, 4.69) is 39.7 Å². The zero-order valence-electron chi connectivity index (χ0n) is 11.7. The van der Waals surface area contributed by atoms with E-state index >= 15 is 0 Å². The summed E-state index contributed by atoms with van der Waals surface area (Å²) in [5.41, 5.74) is 1.31. The third-order valence-corrected chi connectivity index (χ3v) is 3.85. The molecule has 1 atom stereocenters. The Balaban J connectivity index is 1.51. The summed E-state index contributed by atoms with van der Waals surface area (Å²) in [7, 11) is 0. The van der Waals surface area contributed by atoms with Crippen LogP contribution < -0.4 is 5.32 Å². The lowest BCUT2D eigenvalue weighted by Gasteiger charge is -2.20. The standard InChI is InChI=1S/C16H21N3O/c1-2-5-13(6-3-1)8-9-16-18-15(19-20-16)11-14-7-4-10-17-12-14/h1-3,5-6,14,17H,4,7-12H2. The van der Waals surface area contributed by atoms with Gasteiger partial charge in [-0.3, -0.25) is 0 Å². The van der Waals surface area contributed by atoms with Gasteiger partial charge in [0.2, 0.25) is 5.89 Å². The lowest BCUT2D eigenvalue weighted by Crippen LogP contribution is -2.31. The molecule has 1 aromatic carbocycles. The minimum atomic E-state index is 0.656. The Morgan fingerprint density at radius 3 is 2.90 bits per heavy atom. The smallest absolute Gasteiger partial charge is 0.226 e. The molecule has 1 aliphatic heterocycles. The van der Waals surface area contributed by atoms with E-state index in [1.165, 1.54) is 18.4 Å². The number of aromatic nitrogens is 2. The molecule has 3 rings (SSSR count). The highest BCUT2D eigenvalue weighted by Crippen LogP contribution is 2.15. The molecule has 0 amide bonds. The first-order valence-corrected chi connectivity index (χ1v) is 7.46. The molecule has 2 aromatic rings. The lowest BCUT2D eigenvalue weighted by molar-refractivity contribution is 0.349. The lowest BCUT2D eigenvalue weighted by atomic mass is 9.96. The van der Waals surface area contributed by atoms with Gasteiger partial charge < -0.3 is 9.84 Å². The van der Waals surface area contributed by atoms with Crippen molar-refractivity contribution in [3.8, 4) is 0 Å². The molecule has 2 heterocycles. The molecular weight excluding hydrogens is 250 g/mol. The van der Waals surface area contributed by atoms with E-state index in [1.54, 1.807) is 0 Å². The van der Waals surface area contributed by atoms with Crippen LogP contribution in [0.3, 0.4) is 0 Å².